The highest BCUT2D eigenvalue weighted by Crippen LogP contribution is 2.16. The van der Waals surface area contributed by atoms with Gasteiger partial charge in [-0.05, 0) is 20.2 Å². The summed E-state index contributed by atoms with van der Waals surface area (Å²) in [5.41, 5.74) is 1.30. The lowest BCUT2D eigenvalue weighted by molar-refractivity contribution is -0.136. The molecule has 0 radical (unpaired) electrons. The summed E-state index contributed by atoms with van der Waals surface area (Å²) in [6.07, 6.45) is 0.333. The van der Waals surface area contributed by atoms with Crippen LogP contribution in [-0.4, -0.2) is 90.9 Å². The predicted octanol–water partition coefficient (Wildman–Crippen LogP) is -1.10. The predicted molar refractivity (Wildman–Crippen MR) is 95.8 cm³/mol. The highest BCUT2D eigenvalue weighted by molar-refractivity contribution is 5.92. The number of amides is 2. The zero-order chi connectivity index (χ0) is 18.5. The monoisotopic (exact) mass is 364 g/mol. The molecule has 1 atom stereocenters. The molecule has 0 saturated carbocycles. The first-order valence-electron chi connectivity index (χ1n) is 9.12. The first kappa shape index (κ1) is 18.8. The molecule has 1 saturated heterocycles. The first-order valence-corrected chi connectivity index (χ1v) is 9.12. The number of aromatic nitrogens is 2. The molecular formula is C17H28N6O3. The fourth-order valence-corrected chi connectivity index (χ4v) is 3.15. The van der Waals surface area contributed by atoms with Crippen LogP contribution in [0.1, 0.15) is 22.6 Å². The van der Waals surface area contributed by atoms with Crippen LogP contribution in [0.4, 0.5) is 0 Å². The number of fused-ring (bicyclic) bond motifs is 1. The highest BCUT2D eigenvalue weighted by Gasteiger charge is 2.26. The second-order valence-electron chi connectivity index (χ2n) is 7.02. The molecule has 0 aromatic carbocycles. The molecule has 144 valence electrons. The summed E-state index contributed by atoms with van der Waals surface area (Å²) < 4.78 is 7.44. The molecule has 0 aliphatic carbocycles. The highest BCUT2D eigenvalue weighted by atomic mass is 16.5. The molecule has 2 N–H and O–H groups in total. The van der Waals surface area contributed by atoms with E-state index >= 15 is 0 Å². The molecule has 3 rings (SSSR count). The fourth-order valence-electron chi connectivity index (χ4n) is 3.15. The number of carbonyl (C=O) groups is 2. The van der Waals surface area contributed by atoms with E-state index in [1.165, 1.54) is 0 Å². The number of nitrogens with zero attached hydrogens (tertiary/aromatic N) is 4. The van der Waals surface area contributed by atoms with Crippen LogP contribution in [0.25, 0.3) is 0 Å². The fraction of sp³-hybridized carbons (Fsp3) is 0.706. The van der Waals surface area contributed by atoms with Crippen LogP contribution < -0.4 is 10.6 Å². The van der Waals surface area contributed by atoms with Crippen molar-refractivity contribution in [3.8, 4) is 0 Å². The number of morpholine rings is 1. The van der Waals surface area contributed by atoms with E-state index in [9.17, 15) is 9.59 Å². The van der Waals surface area contributed by atoms with Crippen LogP contribution in [0.5, 0.6) is 0 Å². The Morgan fingerprint density at radius 3 is 3.00 bits per heavy atom. The SMILES string of the molecule is CN(C)CCNC(=O)c1cc2n(n1)CCN(C(=O)C[C@@H]1CNCCO1)C2. The first-order chi connectivity index (χ1) is 12.5. The Labute approximate surface area is 153 Å². The summed E-state index contributed by atoms with van der Waals surface area (Å²) in [7, 11) is 3.92. The number of nitrogens with one attached hydrogen (secondary N) is 2. The zero-order valence-electron chi connectivity index (χ0n) is 15.5. The van der Waals surface area contributed by atoms with Gasteiger partial charge in [-0.15, -0.1) is 0 Å². The van der Waals surface area contributed by atoms with Crippen LogP contribution in [0.15, 0.2) is 6.07 Å². The van der Waals surface area contributed by atoms with E-state index in [2.05, 4.69) is 15.7 Å². The van der Waals surface area contributed by atoms with Crippen LogP contribution in [0, 0.1) is 0 Å². The molecule has 1 aromatic rings. The molecule has 3 heterocycles. The van der Waals surface area contributed by atoms with E-state index in [0.717, 1.165) is 25.3 Å². The zero-order valence-corrected chi connectivity index (χ0v) is 15.5. The normalized spacial score (nSPS) is 20.1. The number of rotatable bonds is 6. The van der Waals surface area contributed by atoms with Gasteiger partial charge in [0, 0.05) is 32.7 Å². The third-order valence-corrected chi connectivity index (χ3v) is 4.63. The largest absolute Gasteiger partial charge is 0.375 e. The minimum Gasteiger partial charge on any atom is -0.375 e. The Morgan fingerprint density at radius 1 is 1.42 bits per heavy atom. The Bertz CT molecular complexity index is 638. The Balaban J connectivity index is 1.54. The van der Waals surface area contributed by atoms with Crippen molar-refractivity contribution in [3.63, 3.8) is 0 Å². The van der Waals surface area contributed by atoms with E-state index in [1.54, 1.807) is 6.07 Å². The topological polar surface area (TPSA) is 91.7 Å². The number of ether oxygens (including phenoxy) is 1. The number of hydrogen-bond donors (Lipinski definition) is 2. The lowest BCUT2D eigenvalue weighted by Gasteiger charge is -2.30. The minimum atomic E-state index is -0.173. The lowest BCUT2D eigenvalue weighted by atomic mass is 10.2. The van der Waals surface area contributed by atoms with E-state index in [-0.39, 0.29) is 17.9 Å². The van der Waals surface area contributed by atoms with Crippen molar-refractivity contribution in [2.45, 2.75) is 25.6 Å². The summed E-state index contributed by atoms with van der Waals surface area (Å²) in [5.74, 6) is -0.0866. The number of carbonyl (C=O) groups excluding carboxylic acids is 2. The van der Waals surface area contributed by atoms with Crippen molar-refractivity contribution >= 4 is 11.8 Å². The van der Waals surface area contributed by atoms with Gasteiger partial charge >= 0.3 is 0 Å². The molecule has 2 aliphatic rings. The van der Waals surface area contributed by atoms with Crippen LogP contribution in [0.2, 0.25) is 0 Å². The molecule has 1 fully saturated rings. The summed E-state index contributed by atoms with van der Waals surface area (Å²) >= 11 is 0. The van der Waals surface area contributed by atoms with Gasteiger partial charge in [-0.25, -0.2) is 0 Å². The van der Waals surface area contributed by atoms with Crippen LogP contribution in [0.3, 0.4) is 0 Å². The summed E-state index contributed by atoms with van der Waals surface area (Å²) in [6.45, 7) is 5.26. The van der Waals surface area contributed by atoms with E-state index < -0.39 is 0 Å². The van der Waals surface area contributed by atoms with Crippen molar-refractivity contribution in [1.29, 1.82) is 0 Å². The van der Waals surface area contributed by atoms with Crippen molar-refractivity contribution in [2.24, 2.45) is 0 Å². The van der Waals surface area contributed by atoms with E-state index in [0.29, 0.717) is 44.9 Å². The summed E-state index contributed by atoms with van der Waals surface area (Å²) in [4.78, 5) is 28.6. The molecule has 9 heteroatoms. The molecule has 26 heavy (non-hydrogen) atoms. The second kappa shape index (κ2) is 8.61. The molecule has 0 spiro atoms. The summed E-state index contributed by atoms with van der Waals surface area (Å²) in [5, 5.41) is 10.5. The maximum Gasteiger partial charge on any atom is 0.271 e. The van der Waals surface area contributed by atoms with Gasteiger partial charge in [0.15, 0.2) is 5.69 Å². The molecule has 2 amide bonds. The smallest absolute Gasteiger partial charge is 0.271 e. The Kier molecular flexibility index (Phi) is 6.23. The van der Waals surface area contributed by atoms with Crippen molar-refractivity contribution < 1.29 is 14.3 Å². The molecule has 0 unspecified atom stereocenters. The van der Waals surface area contributed by atoms with Crippen molar-refractivity contribution in [3.05, 3.63) is 17.5 Å². The van der Waals surface area contributed by atoms with Gasteiger partial charge in [0.1, 0.15) is 0 Å². The number of likely N-dealkylation sites (N-methyl/N-ethyl adjacent to an activating group) is 1. The van der Waals surface area contributed by atoms with Gasteiger partial charge in [0.25, 0.3) is 5.91 Å². The Morgan fingerprint density at radius 2 is 2.27 bits per heavy atom. The van der Waals surface area contributed by atoms with Gasteiger partial charge in [0.2, 0.25) is 5.91 Å². The molecule has 9 nitrogen and oxygen atoms in total. The van der Waals surface area contributed by atoms with Crippen LogP contribution in [-0.2, 0) is 22.6 Å². The lowest BCUT2D eigenvalue weighted by Crippen LogP contribution is -2.44. The molecule has 1 aromatic heterocycles. The van der Waals surface area contributed by atoms with Gasteiger partial charge in [-0.2, -0.15) is 5.10 Å². The van der Waals surface area contributed by atoms with Gasteiger partial charge in [0.05, 0.1) is 37.9 Å². The van der Waals surface area contributed by atoms with Crippen LogP contribution >= 0.6 is 0 Å². The van der Waals surface area contributed by atoms with E-state index in [1.807, 2.05) is 28.6 Å². The number of hydrogen-bond acceptors (Lipinski definition) is 6. The van der Waals surface area contributed by atoms with E-state index in [4.69, 9.17) is 4.74 Å². The average Bonchev–Trinajstić information content (AvgIpc) is 3.05. The van der Waals surface area contributed by atoms with Gasteiger partial charge in [-0.3, -0.25) is 14.3 Å². The Hall–Kier alpha value is -1.97. The standard InChI is InChI=1S/C17H28N6O3/c1-21(2)5-3-19-17(25)15-9-13-12-22(6-7-23(13)20-15)16(24)10-14-11-18-4-8-26-14/h9,14,18H,3-8,10-12H2,1-2H3,(H,19,25)/t14-/m1/s1. The maximum absolute atomic E-state index is 12.5. The van der Waals surface area contributed by atoms with Gasteiger partial charge in [-0.1, -0.05) is 0 Å². The molecular weight excluding hydrogens is 336 g/mol. The second-order valence-corrected chi connectivity index (χ2v) is 7.02. The van der Waals surface area contributed by atoms with Gasteiger partial charge < -0.3 is 25.2 Å². The quantitative estimate of drug-likeness (QED) is 0.666. The average molecular weight is 364 g/mol. The van der Waals surface area contributed by atoms with Crippen molar-refractivity contribution in [1.82, 2.24) is 30.2 Å². The third-order valence-electron chi connectivity index (χ3n) is 4.63. The molecule has 0 bridgehead atoms. The van der Waals surface area contributed by atoms with Crippen molar-refractivity contribution in [2.75, 3.05) is 53.4 Å². The third kappa shape index (κ3) is 4.80. The maximum atomic E-state index is 12.5. The summed E-state index contributed by atoms with van der Waals surface area (Å²) in [6, 6.07) is 1.78. The molecule has 2 aliphatic heterocycles. The minimum absolute atomic E-state index is 0.0545.